The SMILES string of the molecule is O=Cc1cnc2c(C(F)(F)F)cccc2c1-c1cncnc1.c1ccccc1. The second-order valence-electron chi connectivity index (χ2n) is 5.69. The fourth-order valence-corrected chi connectivity index (χ4v) is 2.69. The number of rotatable bonds is 2. The Labute approximate surface area is 158 Å². The van der Waals surface area contributed by atoms with E-state index in [-0.39, 0.29) is 16.5 Å². The van der Waals surface area contributed by atoms with Gasteiger partial charge in [0.25, 0.3) is 0 Å². The van der Waals surface area contributed by atoms with E-state index in [2.05, 4.69) is 15.0 Å². The number of fused-ring (bicyclic) bond motifs is 1. The molecule has 0 radical (unpaired) electrons. The molecule has 7 heteroatoms. The predicted molar refractivity (Wildman–Crippen MR) is 99.6 cm³/mol. The molecule has 0 amide bonds. The maximum absolute atomic E-state index is 13.1. The van der Waals surface area contributed by atoms with E-state index in [1.54, 1.807) is 0 Å². The lowest BCUT2D eigenvalue weighted by atomic mass is 9.97. The molecule has 4 aromatic rings. The third-order valence-electron chi connectivity index (χ3n) is 3.88. The van der Waals surface area contributed by atoms with Gasteiger partial charge in [-0.25, -0.2) is 9.97 Å². The second-order valence-corrected chi connectivity index (χ2v) is 5.69. The number of carbonyl (C=O) groups is 1. The summed E-state index contributed by atoms with van der Waals surface area (Å²) in [5.41, 5.74) is -0.0790. The molecule has 0 spiro atoms. The van der Waals surface area contributed by atoms with Crippen molar-refractivity contribution in [1.82, 2.24) is 15.0 Å². The van der Waals surface area contributed by atoms with E-state index < -0.39 is 11.7 Å². The maximum atomic E-state index is 13.1. The van der Waals surface area contributed by atoms with Gasteiger partial charge in [-0.3, -0.25) is 9.78 Å². The van der Waals surface area contributed by atoms with Gasteiger partial charge in [0.15, 0.2) is 6.29 Å². The first-order valence-corrected chi connectivity index (χ1v) is 8.22. The van der Waals surface area contributed by atoms with Crippen molar-refractivity contribution in [2.75, 3.05) is 0 Å². The minimum Gasteiger partial charge on any atom is -0.298 e. The van der Waals surface area contributed by atoms with Crippen molar-refractivity contribution in [1.29, 1.82) is 0 Å². The van der Waals surface area contributed by atoms with Crippen LogP contribution in [0.4, 0.5) is 13.2 Å². The number of hydrogen-bond acceptors (Lipinski definition) is 4. The zero-order valence-corrected chi connectivity index (χ0v) is 14.5. The van der Waals surface area contributed by atoms with Gasteiger partial charge in [-0.05, 0) is 6.07 Å². The number of nitrogens with zero attached hydrogens (tertiary/aromatic N) is 3. The van der Waals surface area contributed by atoms with Crippen molar-refractivity contribution in [2.24, 2.45) is 0 Å². The summed E-state index contributed by atoms with van der Waals surface area (Å²) >= 11 is 0. The summed E-state index contributed by atoms with van der Waals surface area (Å²) in [6.07, 6.45) is 1.33. The Bertz CT molecular complexity index is 1040. The van der Waals surface area contributed by atoms with Crippen molar-refractivity contribution in [3.05, 3.63) is 90.6 Å². The number of carbonyl (C=O) groups excluding carboxylic acids is 1. The molecular weight excluding hydrogens is 367 g/mol. The Kier molecular flexibility index (Phi) is 5.74. The van der Waals surface area contributed by atoms with Crippen LogP contribution >= 0.6 is 0 Å². The van der Waals surface area contributed by atoms with Gasteiger partial charge in [0.05, 0.1) is 11.1 Å². The number of alkyl halides is 3. The van der Waals surface area contributed by atoms with Crippen molar-refractivity contribution < 1.29 is 18.0 Å². The molecule has 4 nitrogen and oxygen atoms in total. The highest BCUT2D eigenvalue weighted by Gasteiger charge is 2.33. The predicted octanol–water partition coefficient (Wildman–Crippen LogP) is 5.21. The number of hydrogen-bond donors (Lipinski definition) is 0. The van der Waals surface area contributed by atoms with Crippen LogP contribution in [0.15, 0.2) is 79.5 Å². The first kappa shape index (κ1) is 19.2. The molecule has 0 unspecified atom stereocenters. The smallest absolute Gasteiger partial charge is 0.298 e. The topological polar surface area (TPSA) is 55.7 Å². The van der Waals surface area contributed by atoms with Gasteiger partial charge in [0.1, 0.15) is 6.33 Å². The maximum Gasteiger partial charge on any atom is 0.418 e. The molecule has 0 fully saturated rings. The Morgan fingerprint density at radius 2 is 1.43 bits per heavy atom. The molecule has 0 aliphatic carbocycles. The number of aromatic nitrogens is 3. The summed E-state index contributed by atoms with van der Waals surface area (Å²) in [7, 11) is 0. The summed E-state index contributed by atoms with van der Waals surface area (Å²) in [6.45, 7) is 0. The molecule has 0 atom stereocenters. The van der Waals surface area contributed by atoms with Crippen LogP contribution in [0.2, 0.25) is 0 Å². The zero-order chi connectivity index (χ0) is 20.0. The van der Waals surface area contributed by atoms with Gasteiger partial charge in [0.2, 0.25) is 0 Å². The number of benzene rings is 2. The van der Waals surface area contributed by atoms with Gasteiger partial charge in [0, 0.05) is 40.7 Å². The lowest BCUT2D eigenvalue weighted by Crippen LogP contribution is -2.07. The van der Waals surface area contributed by atoms with E-state index in [0.29, 0.717) is 17.4 Å². The Morgan fingerprint density at radius 1 is 0.821 bits per heavy atom. The molecule has 4 rings (SSSR count). The lowest BCUT2D eigenvalue weighted by Gasteiger charge is -2.13. The molecule has 0 saturated carbocycles. The Morgan fingerprint density at radius 3 is 1.96 bits per heavy atom. The molecule has 140 valence electrons. The van der Waals surface area contributed by atoms with E-state index in [9.17, 15) is 18.0 Å². The van der Waals surface area contributed by atoms with Crippen LogP contribution < -0.4 is 0 Å². The molecule has 2 aromatic heterocycles. The van der Waals surface area contributed by atoms with Crippen LogP contribution in [0.25, 0.3) is 22.0 Å². The van der Waals surface area contributed by atoms with Crippen molar-refractivity contribution >= 4 is 17.2 Å². The fraction of sp³-hybridized carbons (Fsp3) is 0.0476. The third-order valence-corrected chi connectivity index (χ3v) is 3.88. The normalized spacial score (nSPS) is 10.8. The van der Waals surface area contributed by atoms with Gasteiger partial charge in [-0.2, -0.15) is 13.2 Å². The number of aldehydes is 1. The Hall–Kier alpha value is -3.61. The number of para-hydroxylation sites is 1. The largest absolute Gasteiger partial charge is 0.418 e. The number of pyridine rings is 1. The summed E-state index contributed by atoms with van der Waals surface area (Å²) in [5, 5.41) is 0.231. The van der Waals surface area contributed by atoms with Crippen molar-refractivity contribution in [3.63, 3.8) is 0 Å². The van der Waals surface area contributed by atoms with Crippen LogP contribution in [0.3, 0.4) is 0 Å². The van der Waals surface area contributed by atoms with Gasteiger partial charge >= 0.3 is 6.18 Å². The van der Waals surface area contributed by atoms with Crippen molar-refractivity contribution in [3.8, 4) is 11.1 Å². The Balaban J connectivity index is 0.000000320. The average molecular weight is 381 g/mol. The average Bonchev–Trinajstić information content (AvgIpc) is 2.74. The van der Waals surface area contributed by atoms with E-state index in [1.165, 1.54) is 30.9 Å². The van der Waals surface area contributed by atoms with Crippen LogP contribution in [0.1, 0.15) is 15.9 Å². The minimum atomic E-state index is -4.53. The molecule has 2 heterocycles. The fourth-order valence-electron chi connectivity index (χ4n) is 2.69. The van der Waals surface area contributed by atoms with Crippen molar-refractivity contribution in [2.45, 2.75) is 6.18 Å². The highest BCUT2D eigenvalue weighted by Crippen LogP contribution is 2.37. The summed E-state index contributed by atoms with van der Waals surface area (Å²) < 4.78 is 39.3. The molecule has 28 heavy (non-hydrogen) atoms. The summed E-state index contributed by atoms with van der Waals surface area (Å²) in [4.78, 5) is 22.7. The number of halogens is 3. The minimum absolute atomic E-state index is 0.182. The van der Waals surface area contributed by atoms with Gasteiger partial charge < -0.3 is 0 Å². The van der Waals surface area contributed by atoms with E-state index >= 15 is 0 Å². The van der Waals surface area contributed by atoms with Gasteiger partial charge in [-0.1, -0.05) is 48.5 Å². The monoisotopic (exact) mass is 381 g/mol. The lowest BCUT2D eigenvalue weighted by molar-refractivity contribution is -0.136. The van der Waals surface area contributed by atoms with E-state index in [1.807, 2.05) is 36.4 Å². The first-order chi connectivity index (χ1) is 13.5. The molecule has 2 aromatic carbocycles. The highest BCUT2D eigenvalue weighted by atomic mass is 19.4. The van der Waals surface area contributed by atoms with Crippen LogP contribution in [-0.2, 0) is 6.18 Å². The summed E-state index contributed by atoms with van der Waals surface area (Å²) in [5.74, 6) is 0. The van der Waals surface area contributed by atoms with Crippen LogP contribution in [0.5, 0.6) is 0 Å². The third kappa shape index (κ3) is 4.20. The first-order valence-electron chi connectivity index (χ1n) is 8.22. The standard InChI is InChI=1S/C15H8F3N3O.C6H6/c16-15(17,18)12-3-1-2-11-13(9-4-19-8-20-5-9)10(7-22)6-21-14(11)12;1-2-4-6-5-3-1/h1-8H;1-6H. The van der Waals surface area contributed by atoms with E-state index in [4.69, 9.17) is 0 Å². The molecule has 0 saturated heterocycles. The molecule has 0 aliphatic heterocycles. The highest BCUT2D eigenvalue weighted by molar-refractivity contribution is 6.03. The zero-order valence-electron chi connectivity index (χ0n) is 14.5. The second kappa shape index (κ2) is 8.39. The van der Waals surface area contributed by atoms with Crippen LogP contribution in [-0.4, -0.2) is 21.2 Å². The molecule has 0 bridgehead atoms. The molecular formula is C21H14F3N3O. The van der Waals surface area contributed by atoms with E-state index in [0.717, 1.165) is 12.3 Å². The summed E-state index contributed by atoms with van der Waals surface area (Å²) in [6, 6.07) is 15.7. The van der Waals surface area contributed by atoms with Gasteiger partial charge in [-0.15, -0.1) is 0 Å². The quantitative estimate of drug-likeness (QED) is 0.447. The molecule has 0 aliphatic rings. The van der Waals surface area contributed by atoms with Crippen LogP contribution in [0, 0.1) is 0 Å². The molecule has 0 N–H and O–H groups in total.